The van der Waals surface area contributed by atoms with E-state index in [1.165, 1.54) is 0 Å². The summed E-state index contributed by atoms with van der Waals surface area (Å²) in [5.41, 5.74) is -0.110. The van der Waals surface area contributed by atoms with Crippen molar-refractivity contribution in [2.45, 2.75) is 64.6 Å². The summed E-state index contributed by atoms with van der Waals surface area (Å²) < 4.78 is 31.2. The molecule has 8 heteroatoms. The van der Waals surface area contributed by atoms with Crippen LogP contribution in [-0.2, 0) is 14.8 Å². The third kappa shape index (κ3) is 3.95. The van der Waals surface area contributed by atoms with Gasteiger partial charge in [-0.05, 0) is 33.1 Å². The Hall–Kier alpha value is -0.860. The van der Waals surface area contributed by atoms with Crippen molar-refractivity contribution in [1.29, 1.82) is 0 Å². The lowest BCUT2D eigenvalue weighted by molar-refractivity contribution is -0.176. The zero-order valence-electron chi connectivity index (χ0n) is 16.4. The van der Waals surface area contributed by atoms with E-state index in [9.17, 15) is 8.42 Å². The Morgan fingerprint density at radius 2 is 1.84 bits per heavy atom. The summed E-state index contributed by atoms with van der Waals surface area (Å²) in [4.78, 5) is 4.35. The molecule has 0 bridgehead atoms. The Bertz CT molecular complexity index is 597. The second kappa shape index (κ2) is 7.40. The SMILES string of the molecule is CCS(=O)(=O)N1CCC(NC(=NC)NC2CC(C)(OC)C2(C)C)CC1. The summed E-state index contributed by atoms with van der Waals surface area (Å²) in [5, 5.41) is 6.96. The van der Waals surface area contributed by atoms with Gasteiger partial charge in [-0.25, -0.2) is 12.7 Å². The van der Waals surface area contributed by atoms with Gasteiger partial charge in [0.2, 0.25) is 10.0 Å². The van der Waals surface area contributed by atoms with Crippen LogP contribution in [0.15, 0.2) is 4.99 Å². The number of piperidine rings is 1. The van der Waals surface area contributed by atoms with E-state index in [1.807, 2.05) is 0 Å². The van der Waals surface area contributed by atoms with Crippen LogP contribution >= 0.6 is 0 Å². The van der Waals surface area contributed by atoms with Crippen molar-refractivity contribution in [3.05, 3.63) is 0 Å². The van der Waals surface area contributed by atoms with E-state index in [0.29, 0.717) is 19.1 Å². The maximum Gasteiger partial charge on any atom is 0.213 e. The molecule has 1 aliphatic carbocycles. The summed E-state index contributed by atoms with van der Waals surface area (Å²) in [6.07, 6.45) is 2.53. The summed E-state index contributed by atoms with van der Waals surface area (Å²) in [5.74, 6) is 0.955. The molecule has 0 radical (unpaired) electrons. The van der Waals surface area contributed by atoms with Crippen LogP contribution in [0.1, 0.15) is 47.0 Å². The average molecular weight is 375 g/mol. The number of ether oxygens (including phenoxy) is 1. The minimum absolute atomic E-state index is 0.0118. The smallest absolute Gasteiger partial charge is 0.213 e. The summed E-state index contributed by atoms with van der Waals surface area (Å²) in [6.45, 7) is 9.39. The Morgan fingerprint density at radius 3 is 2.28 bits per heavy atom. The molecule has 0 amide bonds. The highest BCUT2D eigenvalue weighted by atomic mass is 32.2. The number of guanidine groups is 1. The number of nitrogens with zero attached hydrogens (tertiary/aromatic N) is 2. The van der Waals surface area contributed by atoms with Crippen molar-refractivity contribution in [3.63, 3.8) is 0 Å². The van der Waals surface area contributed by atoms with Gasteiger partial charge in [-0.3, -0.25) is 4.99 Å². The number of sulfonamides is 1. The molecule has 2 aliphatic rings. The lowest BCUT2D eigenvalue weighted by Crippen LogP contribution is -2.69. The Kier molecular flexibility index (Phi) is 6.06. The van der Waals surface area contributed by atoms with Crippen LogP contribution in [0.2, 0.25) is 0 Å². The molecule has 1 saturated heterocycles. The van der Waals surface area contributed by atoms with Crippen molar-refractivity contribution < 1.29 is 13.2 Å². The molecule has 7 nitrogen and oxygen atoms in total. The number of hydrogen-bond acceptors (Lipinski definition) is 4. The molecule has 2 N–H and O–H groups in total. The highest BCUT2D eigenvalue weighted by Gasteiger charge is 2.58. The van der Waals surface area contributed by atoms with Crippen LogP contribution < -0.4 is 10.6 Å². The molecule has 2 unspecified atom stereocenters. The first-order valence-electron chi connectivity index (χ1n) is 9.12. The van der Waals surface area contributed by atoms with Gasteiger partial charge in [0.15, 0.2) is 5.96 Å². The first-order chi connectivity index (χ1) is 11.6. The second-order valence-corrected chi connectivity index (χ2v) is 10.1. The van der Waals surface area contributed by atoms with E-state index in [-0.39, 0.29) is 22.8 Å². The highest BCUT2D eigenvalue weighted by Crippen LogP contribution is 2.51. The van der Waals surface area contributed by atoms with Crippen molar-refractivity contribution in [1.82, 2.24) is 14.9 Å². The molecular weight excluding hydrogens is 340 g/mol. The van der Waals surface area contributed by atoms with Crippen LogP contribution in [0.4, 0.5) is 0 Å². The molecule has 2 atom stereocenters. The third-order valence-corrected chi connectivity index (χ3v) is 8.25. The molecule has 2 fully saturated rings. The maximum atomic E-state index is 11.9. The quantitative estimate of drug-likeness (QED) is 0.557. The fraction of sp³-hybridized carbons (Fsp3) is 0.941. The molecule has 146 valence electrons. The largest absolute Gasteiger partial charge is 0.378 e. The Morgan fingerprint density at radius 1 is 1.24 bits per heavy atom. The predicted octanol–water partition coefficient (Wildman–Crippen LogP) is 1.17. The second-order valence-electron chi connectivity index (χ2n) is 7.85. The molecule has 0 aromatic carbocycles. The predicted molar refractivity (Wildman–Crippen MR) is 101 cm³/mol. The van der Waals surface area contributed by atoms with Crippen LogP contribution in [0.5, 0.6) is 0 Å². The topological polar surface area (TPSA) is 83.0 Å². The van der Waals surface area contributed by atoms with Gasteiger partial charge < -0.3 is 15.4 Å². The van der Waals surface area contributed by atoms with E-state index in [1.54, 1.807) is 25.4 Å². The van der Waals surface area contributed by atoms with Gasteiger partial charge in [0.25, 0.3) is 0 Å². The van der Waals surface area contributed by atoms with Gasteiger partial charge in [0.05, 0.1) is 11.4 Å². The summed E-state index contributed by atoms with van der Waals surface area (Å²) >= 11 is 0. The van der Waals surface area contributed by atoms with Crippen molar-refractivity contribution in [3.8, 4) is 0 Å². The minimum Gasteiger partial charge on any atom is -0.378 e. The van der Waals surface area contributed by atoms with E-state index in [0.717, 1.165) is 25.2 Å². The summed E-state index contributed by atoms with van der Waals surface area (Å²) in [6, 6.07) is 0.538. The molecular formula is C17H34N4O3S. The fourth-order valence-corrected chi connectivity index (χ4v) is 4.85. The highest BCUT2D eigenvalue weighted by molar-refractivity contribution is 7.89. The number of rotatable bonds is 5. The molecule has 2 rings (SSSR count). The van der Waals surface area contributed by atoms with Gasteiger partial charge in [-0.2, -0.15) is 0 Å². The van der Waals surface area contributed by atoms with Gasteiger partial charge in [-0.1, -0.05) is 13.8 Å². The third-order valence-electron chi connectivity index (χ3n) is 6.37. The molecule has 1 heterocycles. The number of aliphatic imine (C=N–C) groups is 1. The molecule has 25 heavy (non-hydrogen) atoms. The normalized spacial score (nSPS) is 31.4. The molecule has 0 aromatic rings. The molecule has 1 saturated carbocycles. The van der Waals surface area contributed by atoms with Crippen molar-refractivity contribution in [2.75, 3.05) is 33.0 Å². The number of hydrogen-bond donors (Lipinski definition) is 2. The van der Waals surface area contributed by atoms with Crippen LogP contribution in [0.3, 0.4) is 0 Å². The van der Waals surface area contributed by atoms with E-state index in [4.69, 9.17) is 4.74 Å². The zero-order chi connectivity index (χ0) is 18.9. The maximum absolute atomic E-state index is 11.9. The van der Waals surface area contributed by atoms with Gasteiger partial charge in [0, 0.05) is 44.7 Å². The van der Waals surface area contributed by atoms with E-state index >= 15 is 0 Å². The summed E-state index contributed by atoms with van der Waals surface area (Å²) in [7, 11) is 0.460. The monoisotopic (exact) mass is 374 g/mol. The zero-order valence-corrected chi connectivity index (χ0v) is 17.2. The molecule has 0 spiro atoms. The van der Waals surface area contributed by atoms with Gasteiger partial charge >= 0.3 is 0 Å². The number of methoxy groups -OCH3 is 1. The number of nitrogens with one attached hydrogen (secondary N) is 2. The van der Waals surface area contributed by atoms with Gasteiger partial charge in [-0.15, -0.1) is 0 Å². The first-order valence-corrected chi connectivity index (χ1v) is 10.7. The van der Waals surface area contributed by atoms with Crippen LogP contribution in [0, 0.1) is 5.41 Å². The Balaban J connectivity index is 1.87. The van der Waals surface area contributed by atoms with Crippen molar-refractivity contribution >= 4 is 16.0 Å². The standard InChI is InChI=1S/C17H34N4O3S/c1-7-25(22,23)21-10-8-13(9-11-21)19-15(18-5)20-14-12-17(4,24-6)16(14,2)3/h13-14H,7-12H2,1-6H3,(H2,18,19,20). The first kappa shape index (κ1) is 20.5. The lowest BCUT2D eigenvalue weighted by Gasteiger charge is -2.59. The van der Waals surface area contributed by atoms with Crippen LogP contribution in [-0.4, -0.2) is 69.4 Å². The van der Waals surface area contributed by atoms with E-state index in [2.05, 4.69) is 36.4 Å². The lowest BCUT2D eigenvalue weighted by atomic mass is 9.56. The Labute approximate surface area is 152 Å². The molecule has 1 aliphatic heterocycles. The molecule has 0 aromatic heterocycles. The van der Waals surface area contributed by atoms with Crippen molar-refractivity contribution in [2.24, 2.45) is 10.4 Å². The average Bonchev–Trinajstić information content (AvgIpc) is 2.60. The minimum atomic E-state index is -3.08. The van der Waals surface area contributed by atoms with Crippen LogP contribution in [0.25, 0.3) is 0 Å². The van der Waals surface area contributed by atoms with E-state index < -0.39 is 10.0 Å². The fourth-order valence-electron chi connectivity index (χ4n) is 3.71. The van der Waals surface area contributed by atoms with Gasteiger partial charge in [0.1, 0.15) is 0 Å².